The first kappa shape index (κ1) is 24.7. The van der Waals surface area contributed by atoms with Gasteiger partial charge in [-0.3, -0.25) is 4.79 Å². The predicted molar refractivity (Wildman–Crippen MR) is 126 cm³/mol. The summed E-state index contributed by atoms with van der Waals surface area (Å²) < 4.78 is 5.58. The molecule has 8 heteroatoms. The van der Waals surface area contributed by atoms with Crippen LogP contribution in [-0.2, 0) is 10.2 Å². The molecular formula is C25H31N3O4S. The Kier molecular flexibility index (Phi) is 6.85. The summed E-state index contributed by atoms with van der Waals surface area (Å²) in [4.78, 5) is 32.5. The first-order valence-electron chi connectivity index (χ1n) is 11.0. The number of ether oxygens (including phenoxy) is 1. The lowest BCUT2D eigenvalue weighted by Crippen LogP contribution is -2.54. The van der Waals surface area contributed by atoms with Gasteiger partial charge in [0, 0.05) is 10.9 Å². The molecule has 1 aliphatic rings. The van der Waals surface area contributed by atoms with E-state index in [9.17, 15) is 20.0 Å². The van der Waals surface area contributed by atoms with Gasteiger partial charge in [0.2, 0.25) is 0 Å². The molecule has 0 spiro atoms. The molecule has 1 N–H and O–H groups in total. The number of benzene rings is 1. The fourth-order valence-electron chi connectivity index (χ4n) is 4.88. The maximum atomic E-state index is 14.0. The Bertz CT molecular complexity index is 1070. The van der Waals surface area contributed by atoms with E-state index < -0.39 is 29.4 Å². The third-order valence-corrected chi connectivity index (χ3v) is 6.82. The van der Waals surface area contributed by atoms with Gasteiger partial charge in [0.25, 0.3) is 5.91 Å². The number of thiazole rings is 1. The van der Waals surface area contributed by atoms with E-state index in [2.05, 4.69) is 31.8 Å². The maximum absolute atomic E-state index is 14.0. The van der Waals surface area contributed by atoms with Crippen LogP contribution in [0.2, 0.25) is 0 Å². The lowest BCUT2D eigenvalue weighted by Gasteiger charge is -2.38. The highest BCUT2D eigenvalue weighted by Gasteiger charge is 2.59. The van der Waals surface area contributed by atoms with Crippen molar-refractivity contribution in [3.05, 3.63) is 45.9 Å². The van der Waals surface area contributed by atoms with Gasteiger partial charge in [0.1, 0.15) is 11.3 Å². The molecule has 1 saturated heterocycles. The molecule has 33 heavy (non-hydrogen) atoms. The number of carboxylic acid groups (broad SMARTS) is 1. The minimum atomic E-state index is -1.50. The number of carbonyl (C=O) groups is 2. The number of aliphatic carboxylic acids is 1. The van der Waals surface area contributed by atoms with Gasteiger partial charge in [-0.05, 0) is 41.9 Å². The van der Waals surface area contributed by atoms with Gasteiger partial charge >= 0.3 is 5.97 Å². The van der Waals surface area contributed by atoms with Crippen molar-refractivity contribution >= 4 is 23.2 Å². The van der Waals surface area contributed by atoms with Crippen LogP contribution in [0.1, 0.15) is 75.1 Å². The van der Waals surface area contributed by atoms with Gasteiger partial charge in [-0.25, -0.2) is 9.78 Å². The van der Waals surface area contributed by atoms with E-state index >= 15 is 0 Å². The number of aromatic nitrogens is 1. The second kappa shape index (κ2) is 9.14. The second-order valence-corrected chi connectivity index (χ2v) is 10.8. The molecule has 176 valence electrons. The maximum Gasteiger partial charge on any atom is 0.329 e. The van der Waals surface area contributed by atoms with Crippen molar-refractivity contribution < 1.29 is 19.4 Å². The molecule has 3 atom stereocenters. The summed E-state index contributed by atoms with van der Waals surface area (Å²) in [6.07, 6.45) is 0.298. The zero-order chi connectivity index (χ0) is 24.6. The van der Waals surface area contributed by atoms with E-state index in [1.807, 2.05) is 19.9 Å². The first-order chi connectivity index (χ1) is 15.5. The van der Waals surface area contributed by atoms with Crippen molar-refractivity contribution in [2.24, 2.45) is 11.8 Å². The second-order valence-electron chi connectivity index (χ2n) is 10.1. The Morgan fingerprint density at radius 2 is 2.09 bits per heavy atom. The number of nitrogens with zero attached hydrogens (tertiary/aromatic N) is 3. The molecule has 1 aromatic heterocycles. The Morgan fingerprint density at radius 3 is 2.58 bits per heavy atom. The normalized spacial score (nSPS) is 22.9. The van der Waals surface area contributed by atoms with Gasteiger partial charge in [0.05, 0.1) is 36.3 Å². The molecule has 1 aromatic carbocycles. The standard InChI is InChI=1S/C25H31N3O4S/c1-15(2)10-25(23(30)31)11-17(12-26)21(19-13-33-14-27-19)28(25)22(29)16-7-8-18(24(3,4)5)20(9-16)32-6/h7-9,13-15,17,21H,10-11H2,1-6H3,(H,30,31)/t17-,21+,25-/m0/s1. The Morgan fingerprint density at radius 1 is 1.39 bits per heavy atom. The lowest BCUT2D eigenvalue weighted by atomic mass is 9.83. The van der Waals surface area contributed by atoms with Crippen molar-refractivity contribution in [1.82, 2.24) is 9.88 Å². The molecular weight excluding hydrogens is 438 g/mol. The quantitative estimate of drug-likeness (QED) is 0.635. The zero-order valence-corrected chi connectivity index (χ0v) is 20.8. The fourth-order valence-corrected chi connectivity index (χ4v) is 5.46. The van der Waals surface area contributed by atoms with Crippen LogP contribution in [0.25, 0.3) is 0 Å². The van der Waals surface area contributed by atoms with Crippen LogP contribution in [0.4, 0.5) is 0 Å². The summed E-state index contributed by atoms with van der Waals surface area (Å²) in [7, 11) is 1.55. The summed E-state index contributed by atoms with van der Waals surface area (Å²) in [5.41, 5.74) is 1.75. The van der Waals surface area contributed by atoms with E-state index in [0.717, 1.165) is 5.56 Å². The molecule has 1 fully saturated rings. The van der Waals surface area contributed by atoms with Crippen LogP contribution in [0, 0.1) is 23.2 Å². The van der Waals surface area contributed by atoms with E-state index in [1.165, 1.54) is 16.2 Å². The Labute approximate surface area is 199 Å². The van der Waals surface area contributed by atoms with E-state index in [-0.39, 0.29) is 24.2 Å². The van der Waals surface area contributed by atoms with Gasteiger partial charge in [-0.2, -0.15) is 5.26 Å². The molecule has 2 heterocycles. The number of methoxy groups -OCH3 is 1. The van der Waals surface area contributed by atoms with E-state index in [1.54, 1.807) is 30.1 Å². The van der Waals surface area contributed by atoms with Crippen molar-refractivity contribution in [1.29, 1.82) is 5.26 Å². The molecule has 0 bridgehead atoms. The van der Waals surface area contributed by atoms with Crippen molar-refractivity contribution in [2.45, 2.75) is 64.5 Å². The summed E-state index contributed by atoms with van der Waals surface area (Å²) in [6, 6.07) is 6.75. The molecule has 1 aliphatic heterocycles. The minimum Gasteiger partial charge on any atom is -0.496 e. The molecule has 0 radical (unpaired) electrons. The third-order valence-electron chi connectivity index (χ3n) is 6.22. The number of nitriles is 1. The smallest absolute Gasteiger partial charge is 0.329 e. The van der Waals surface area contributed by atoms with Crippen LogP contribution in [0.5, 0.6) is 5.75 Å². The topological polar surface area (TPSA) is 104 Å². The molecule has 1 amide bonds. The number of likely N-dealkylation sites (tertiary alicyclic amines) is 1. The van der Waals surface area contributed by atoms with Crippen LogP contribution in [0.15, 0.2) is 29.1 Å². The molecule has 0 aliphatic carbocycles. The monoisotopic (exact) mass is 469 g/mol. The van der Waals surface area contributed by atoms with Gasteiger partial charge < -0.3 is 14.7 Å². The largest absolute Gasteiger partial charge is 0.496 e. The Hall–Kier alpha value is -2.92. The van der Waals surface area contributed by atoms with Crippen molar-refractivity contribution in [3.63, 3.8) is 0 Å². The summed E-state index contributed by atoms with van der Waals surface area (Å²) in [5, 5.41) is 22.1. The highest BCUT2D eigenvalue weighted by Crippen LogP contribution is 2.50. The molecule has 0 unspecified atom stereocenters. The summed E-state index contributed by atoms with van der Waals surface area (Å²) in [6.45, 7) is 10.0. The number of carbonyl (C=O) groups excluding carboxylic acids is 1. The van der Waals surface area contributed by atoms with Gasteiger partial charge in [-0.1, -0.05) is 40.7 Å². The predicted octanol–water partition coefficient (Wildman–Crippen LogP) is 5.05. The van der Waals surface area contributed by atoms with Gasteiger partial charge in [0.15, 0.2) is 0 Å². The average molecular weight is 470 g/mol. The third kappa shape index (κ3) is 4.47. The highest BCUT2D eigenvalue weighted by atomic mass is 32.1. The van der Waals surface area contributed by atoms with E-state index in [0.29, 0.717) is 17.0 Å². The van der Waals surface area contributed by atoms with Gasteiger partial charge in [-0.15, -0.1) is 11.3 Å². The molecule has 0 saturated carbocycles. The van der Waals surface area contributed by atoms with Crippen LogP contribution < -0.4 is 4.74 Å². The molecule has 3 rings (SSSR count). The van der Waals surface area contributed by atoms with E-state index in [4.69, 9.17) is 4.74 Å². The summed E-state index contributed by atoms with van der Waals surface area (Å²) in [5.74, 6) is -1.64. The first-order valence-corrected chi connectivity index (χ1v) is 11.9. The van der Waals surface area contributed by atoms with Crippen LogP contribution in [0.3, 0.4) is 0 Å². The fraction of sp³-hybridized carbons (Fsp3) is 0.520. The Balaban J connectivity index is 2.20. The number of hydrogen-bond acceptors (Lipinski definition) is 6. The highest BCUT2D eigenvalue weighted by molar-refractivity contribution is 7.07. The van der Waals surface area contributed by atoms with Crippen molar-refractivity contribution in [2.75, 3.05) is 7.11 Å². The van der Waals surface area contributed by atoms with Crippen molar-refractivity contribution in [3.8, 4) is 11.8 Å². The minimum absolute atomic E-state index is 0.00253. The van der Waals surface area contributed by atoms with Crippen LogP contribution >= 0.6 is 11.3 Å². The molecule has 2 aromatic rings. The number of hydrogen-bond donors (Lipinski definition) is 1. The SMILES string of the molecule is COc1cc(C(=O)N2[C@@H](c3cscn3)[C@H](C#N)C[C@@]2(CC(C)C)C(=O)O)ccc1C(C)(C)C. The number of rotatable bonds is 6. The number of carboxylic acids is 1. The van der Waals surface area contributed by atoms with Crippen LogP contribution in [-0.4, -0.2) is 39.5 Å². The number of amides is 1. The average Bonchev–Trinajstić information content (AvgIpc) is 3.37. The lowest BCUT2D eigenvalue weighted by molar-refractivity contribution is -0.150. The molecule has 7 nitrogen and oxygen atoms in total. The summed E-state index contributed by atoms with van der Waals surface area (Å²) >= 11 is 1.36. The zero-order valence-electron chi connectivity index (χ0n) is 20.0.